The topological polar surface area (TPSA) is 24.9 Å². The number of benzene rings is 1. The van der Waals surface area contributed by atoms with Gasteiger partial charge < -0.3 is 5.32 Å². The van der Waals surface area contributed by atoms with Gasteiger partial charge in [-0.15, -0.1) is 11.3 Å². The maximum atomic E-state index is 4.89. The second-order valence-corrected chi connectivity index (χ2v) is 5.81. The summed E-state index contributed by atoms with van der Waals surface area (Å²) in [5.41, 5.74) is 2.43. The number of rotatable bonds is 3. The summed E-state index contributed by atoms with van der Waals surface area (Å²) in [4.78, 5) is 6.30. The van der Waals surface area contributed by atoms with Gasteiger partial charge in [0.2, 0.25) is 0 Å². The van der Waals surface area contributed by atoms with Crippen molar-refractivity contribution >= 4 is 11.3 Å². The highest BCUT2D eigenvalue weighted by Crippen LogP contribution is 2.34. The molecule has 0 radical (unpaired) electrons. The number of nitrogens with zero attached hydrogens (tertiary/aromatic N) is 1. The van der Waals surface area contributed by atoms with Crippen molar-refractivity contribution in [2.75, 3.05) is 6.54 Å². The van der Waals surface area contributed by atoms with Crippen molar-refractivity contribution < 1.29 is 0 Å². The molecule has 2 nitrogen and oxygen atoms in total. The first-order valence-electron chi connectivity index (χ1n) is 6.67. The van der Waals surface area contributed by atoms with Gasteiger partial charge in [0.1, 0.15) is 5.01 Å². The van der Waals surface area contributed by atoms with E-state index in [0.717, 1.165) is 13.0 Å². The van der Waals surface area contributed by atoms with Crippen LogP contribution in [0.25, 0.3) is 11.3 Å². The zero-order valence-electron chi connectivity index (χ0n) is 10.6. The third kappa shape index (κ3) is 2.20. The third-order valence-electron chi connectivity index (χ3n) is 3.44. The minimum absolute atomic E-state index is 0.484. The van der Waals surface area contributed by atoms with Crippen LogP contribution in [-0.4, -0.2) is 11.5 Å². The zero-order chi connectivity index (χ0) is 12.4. The van der Waals surface area contributed by atoms with Crippen LogP contribution in [0.3, 0.4) is 0 Å². The Labute approximate surface area is 112 Å². The van der Waals surface area contributed by atoms with Crippen molar-refractivity contribution in [1.29, 1.82) is 0 Å². The van der Waals surface area contributed by atoms with E-state index in [-0.39, 0.29) is 0 Å². The van der Waals surface area contributed by atoms with Gasteiger partial charge in [0, 0.05) is 10.4 Å². The van der Waals surface area contributed by atoms with Crippen molar-refractivity contribution in [3.05, 3.63) is 40.2 Å². The van der Waals surface area contributed by atoms with Crippen LogP contribution in [0.5, 0.6) is 0 Å². The van der Waals surface area contributed by atoms with Gasteiger partial charge in [-0.25, -0.2) is 4.98 Å². The van der Waals surface area contributed by atoms with Gasteiger partial charge in [-0.05, 0) is 25.8 Å². The molecular weight excluding hydrogens is 240 g/mol. The van der Waals surface area contributed by atoms with Gasteiger partial charge >= 0.3 is 0 Å². The summed E-state index contributed by atoms with van der Waals surface area (Å²) in [5.74, 6) is 0. The summed E-state index contributed by atoms with van der Waals surface area (Å²) >= 11 is 1.88. The van der Waals surface area contributed by atoms with E-state index in [1.807, 2.05) is 11.3 Å². The number of thiazole rings is 1. The van der Waals surface area contributed by atoms with Crippen molar-refractivity contribution in [3.8, 4) is 11.3 Å². The number of hydrogen-bond acceptors (Lipinski definition) is 3. The van der Waals surface area contributed by atoms with E-state index in [0.29, 0.717) is 6.04 Å². The predicted molar refractivity (Wildman–Crippen MR) is 76.9 cm³/mol. The van der Waals surface area contributed by atoms with Gasteiger partial charge in [-0.2, -0.15) is 0 Å². The first-order valence-corrected chi connectivity index (χ1v) is 7.48. The third-order valence-corrected chi connectivity index (χ3v) is 4.75. The van der Waals surface area contributed by atoms with Crippen LogP contribution >= 0.6 is 11.3 Å². The summed E-state index contributed by atoms with van der Waals surface area (Å²) in [6.45, 7) is 3.35. The fraction of sp³-hybridized carbons (Fsp3) is 0.400. The van der Waals surface area contributed by atoms with E-state index in [1.165, 1.54) is 34.0 Å². The molecule has 1 fully saturated rings. The molecule has 0 saturated carbocycles. The minimum atomic E-state index is 0.484. The molecule has 1 aromatic carbocycles. The Morgan fingerprint density at radius 1 is 1.33 bits per heavy atom. The quantitative estimate of drug-likeness (QED) is 0.906. The van der Waals surface area contributed by atoms with Crippen LogP contribution in [0.4, 0.5) is 0 Å². The summed E-state index contributed by atoms with van der Waals surface area (Å²) in [5, 5.41) is 4.80. The van der Waals surface area contributed by atoms with E-state index in [9.17, 15) is 0 Å². The molecule has 2 aromatic rings. The maximum Gasteiger partial charge on any atom is 0.111 e. The molecule has 3 heteroatoms. The number of aromatic nitrogens is 1. The Bertz CT molecular complexity index is 513. The van der Waals surface area contributed by atoms with Gasteiger partial charge in [0.05, 0.1) is 11.7 Å². The monoisotopic (exact) mass is 258 g/mol. The molecule has 1 N–H and O–H groups in total. The van der Waals surface area contributed by atoms with Crippen molar-refractivity contribution in [2.45, 2.75) is 32.2 Å². The molecule has 1 unspecified atom stereocenters. The minimum Gasteiger partial charge on any atom is -0.308 e. The summed E-state index contributed by atoms with van der Waals surface area (Å²) in [6, 6.07) is 11.0. The summed E-state index contributed by atoms with van der Waals surface area (Å²) < 4.78 is 0. The van der Waals surface area contributed by atoms with Gasteiger partial charge in [-0.3, -0.25) is 0 Å². The van der Waals surface area contributed by atoms with Crippen molar-refractivity contribution in [1.82, 2.24) is 10.3 Å². The molecule has 0 aliphatic carbocycles. The molecule has 1 atom stereocenters. The van der Waals surface area contributed by atoms with Crippen LogP contribution in [0.2, 0.25) is 0 Å². The highest BCUT2D eigenvalue weighted by molar-refractivity contribution is 7.12. The summed E-state index contributed by atoms with van der Waals surface area (Å²) in [7, 11) is 0. The highest BCUT2D eigenvalue weighted by atomic mass is 32.1. The molecule has 0 amide bonds. The second kappa shape index (κ2) is 5.21. The molecule has 3 rings (SSSR count). The Morgan fingerprint density at radius 2 is 2.17 bits per heavy atom. The second-order valence-electron chi connectivity index (χ2n) is 4.69. The standard InChI is InChI=1S/C15H18N2S/c1-2-13-14(11-7-4-3-5-8-11)17-15(18-13)12-9-6-10-16-12/h3-5,7-8,12,16H,2,6,9-10H2,1H3. The van der Waals surface area contributed by atoms with Crippen LogP contribution in [-0.2, 0) is 6.42 Å². The highest BCUT2D eigenvalue weighted by Gasteiger charge is 2.21. The van der Waals surface area contributed by atoms with Crippen LogP contribution in [0.15, 0.2) is 30.3 Å². The molecule has 18 heavy (non-hydrogen) atoms. The number of aryl methyl sites for hydroxylation is 1. The fourth-order valence-corrected chi connectivity index (χ4v) is 3.61. The molecule has 94 valence electrons. The lowest BCUT2D eigenvalue weighted by Gasteiger charge is -2.04. The molecule has 0 spiro atoms. The lowest BCUT2D eigenvalue weighted by Crippen LogP contribution is -2.12. The zero-order valence-corrected chi connectivity index (χ0v) is 11.5. The fourth-order valence-electron chi connectivity index (χ4n) is 2.48. The lowest BCUT2D eigenvalue weighted by molar-refractivity contribution is 0.643. The van der Waals surface area contributed by atoms with Gasteiger partial charge in [0.15, 0.2) is 0 Å². The van der Waals surface area contributed by atoms with E-state index < -0.39 is 0 Å². The maximum absolute atomic E-state index is 4.89. The molecule has 2 heterocycles. The predicted octanol–water partition coefficient (Wildman–Crippen LogP) is 3.80. The van der Waals surface area contributed by atoms with Crippen LogP contribution in [0, 0.1) is 0 Å². The van der Waals surface area contributed by atoms with Gasteiger partial charge in [-0.1, -0.05) is 37.3 Å². The Morgan fingerprint density at radius 3 is 2.83 bits per heavy atom. The Kier molecular flexibility index (Phi) is 3.43. The van der Waals surface area contributed by atoms with E-state index >= 15 is 0 Å². The largest absolute Gasteiger partial charge is 0.308 e. The van der Waals surface area contributed by atoms with E-state index in [4.69, 9.17) is 4.98 Å². The average molecular weight is 258 g/mol. The Hall–Kier alpha value is -1.19. The molecule has 1 aromatic heterocycles. The van der Waals surface area contributed by atoms with Crippen LogP contribution < -0.4 is 5.32 Å². The molecule has 1 aliphatic rings. The first kappa shape index (κ1) is 11.9. The normalized spacial score (nSPS) is 19.3. The number of nitrogens with one attached hydrogen (secondary N) is 1. The smallest absolute Gasteiger partial charge is 0.111 e. The van der Waals surface area contributed by atoms with Crippen molar-refractivity contribution in [3.63, 3.8) is 0 Å². The summed E-state index contributed by atoms with van der Waals surface area (Å²) in [6.07, 6.45) is 3.56. The van der Waals surface area contributed by atoms with Crippen LogP contribution in [0.1, 0.15) is 35.7 Å². The molecule has 1 aliphatic heterocycles. The van der Waals surface area contributed by atoms with Crippen molar-refractivity contribution in [2.24, 2.45) is 0 Å². The average Bonchev–Trinajstić information content (AvgIpc) is 3.08. The van der Waals surface area contributed by atoms with E-state index in [1.54, 1.807) is 0 Å². The van der Waals surface area contributed by atoms with Gasteiger partial charge in [0.25, 0.3) is 0 Å². The molecule has 1 saturated heterocycles. The Balaban J connectivity index is 1.98. The lowest BCUT2D eigenvalue weighted by atomic mass is 10.1. The SMILES string of the molecule is CCc1sc(C2CCCN2)nc1-c1ccccc1. The molecular formula is C15H18N2S. The number of hydrogen-bond donors (Lipinski definition) is 1. The molecule has 0 bridgehead atoms. The first-order chi connectivity index (χ1) is 8.88. The van der Waals surface area contributed by atoms with E-state index in [2.05, 4.69) is 42.6 Å².